The van der Waals surface area contributed by atoms with Crippen molar-refractivity contribution >= 4 is 31.0 Å². The van der Waals surface area contributed by atoms with Gasteiger partial charge in [0.1, 0.15) is 12.2 Å². The summed E-state index contributed by atoms with van der Waals surface area (Å²) in [7, 11) is -3.85. The maximum absolute atomic E-state index is 12.5. The molecular weight excluding hydrogens is 386 g/mol. The lowest BCUT2D eigenvalue weighted by Gasteiger charge is -2.33. The summed E-state index contributed by atoms with van der Waals surface area (Å²) in [4.78, 5) is 25.2. The minimum Gasteiger partial charge on any atom is -0.346 e. The van der Waals surface area contributed by atoms with Gasteiger partial charge in [-0.1, -0.05) is 23.2 Å². The van der Waals surface area contributed by atoms with Gasteiger partial charge < -0.3 is 4.74 Å². The molecule has 1 N–H and O–H groups in total. The predicted molar refractivity (Wildman–Crippen MR) is 84.3 cm³/mol. The van der Waals surface area contributed by atoms with E-state index in [0.717, 1.165) is 10.6 Å². The maximum Gasteiger partial charge on any atom is 0.475 e. The molecule has 2 fully saturated rings. The van der Waals surface area contributed by atoms with Crippen LogP contribution in [0.1, 0.15) is 20.1 Å². The molecule has 0 saturated carbocycles. The second-order valence-corrected chi connectivity index (χ2v) is 8.66. The van der Waals surface area contributed by atoms with Gasteiger partial charge in [-0.3, -0.25) is 27.9 Å². The summed E-state index contributed by atoms with van der Waals surface area (Å²) < 4.78 is 33.1. The van der Waals surface area contributed by atoms with Gasteiger partial charge >= 0.3 is 13.5 Å². The number of rotatable bonds is 3. The molecule has 2 aliphatic rings. The molecule has 0 amide bonds. The molecule has 1 aromatic heterocycles. The van der Waals surface area contributed by atoms with Crippen LogP contribution < -0.4 is 11.2 Å². The monoisotopic (exact) mass is 400 g/mol. The molecule has 0 radical (unpaired) electrons. The van der Waals surface area contributed by atoms with Crippen molar-refractivity contribution in [3.05, 3.63) is 33.1 Å². The summed E-state index contributed by atoms with van der Waals surface area (Å²) in [6.07, 6.45) is -2.19. The molecule has 0 aromatic carbocycles. The Hall–Kier alpha value is -0.670. The van der Waals surface area contributed by atoms with Crippen molar-refractivity contribution in [3.8, 4) is 0 Å². The quantitative estimate of drug-likeness (QED) is 0.605. The van der Waals surface area contributed by atoms with Crippen LogP contribution in [-0.4, -0.2) is 38.8 Å². The number of nitrogens with one attached hydrogen (secondary N) is 1. The molecule has 2 saturated heterocycles. The minimum atomic E-state index is -3.85. The van der Waals surface area contributed by atoms with Gasteiger partial charge in [0.25, 0.3) is 5.56 Å². The number of aromatic amines is 1. The Bertz CT molecular complexity index is 792. The zero-order valence-electron chi connectivity index (χ0n) is 12.7. The van der Waals surface area contributed by atoms with Gasteiger partial charge in [-0.15, -0.1) is 0 Å². The normalized spacial score (nSPS) is 35.1. The first-order valence-corrected chi connectivity index (χ1v) is 9.30. The average molecular weight is 401 g/mol. The van der Waals surface area contributed by atoms with Gasteiger partial charge in [0.15, 0.2) is 10.6 Å². The van der Waals surface area contributed by atoms with Gasteiger partial charge in [-0.05, 0) is 13.8 Å². The Morgan fingerprint density at radius 2 is 2.17 bits per heavy atom. The predicted octanol–water partition coefficient (Wildman–Crippen LogP) is 1.56. The third kappa shape index (κ3) is 3.22. The first-order valence-electron chi connectivity index (χ1n) is 7.08. The fourth-order valence-corrected chi connectivity index (χ4v) is 4.90. The van der Waals surface area contributed by atoms with E-state index in [2.05, 4.69) is 4.98 Å². The molecule has 4 unspecified atom stereocenters. The van der Waals surface area contributed by atoms with Crippen molar-refractivity contribution in [1.82, 2.24) is 9.55 Å². The molecule has 24 heavy (non-hydrogen) atoms. The van der Waals surface area contributed by atoms with Crippen LogP contribution in [0.5, 0.6) is 0 Å². The Balaban J connectivity index is 1.91. The second kappa shape index (κ2) is 6.25. The largest absolute Gasteiger partial charge is 0.475 e. The Labute approximate surface area is 146 Å². The highest BCUT2D eigenvalue weighted by Gasteiger charge is 2.62. The molecule has 134 valence electrons. The van der Waals surface area contributed by atoms with E-state index in [-0.39, 0.29) is 6.61 Å². The molecule has 0 spiro atoms. The number of phosphoric ester groups is 1. The number of H-pyrrole nitrogens is 1. The molecule has 2 aliphatic heterocycles. The summed E-state index contributed by atoms with van der Waals surface area (Å²) >= 11 is 12.7. The molecule has 1 aromatic rings. The van der Waals surface area contributed by atoms with Crippen molar-refractivity contribution < 1.29 is 22.9 Å². The highest BCUT2D eigenvalue weighted by atomic mass is 35.5. The maximum atomic E-state index is 12.5. The number of nitrogens with zero attached hydrogens (tertiary/aromatic N) is 1. The number of ether oxygens (including phenoxy) is 1. The van der Waals surface area contributed by atoms with E-state index in [9.17, 15) is 14.2 Å². The lowest BCUT2D eigenvalue weighted by molar-refractivity contribution is -0.0748. The van der Waals surface area contributed by atoms with Crippen molar-refractivity contribution in [2.45, 2.75) is 42.7 Å². The number of hydrogen-bond acceptors (Lipinski definition) is 7. The number of alkyl halides is 2. The first-order chi connectivity index (χ1) is 11.1. The van der Waals surface area contributed by atoms with E-state index in [0.29, 0.717) is 0 Å². The standard InChI is InChI=1S/C12H15Cl2N2O7P/c1-6(2)22-24(19)20-5-7-9(23-24)12(13,14)10(21-7)16-4-3-8(17)15-11(16)18/h3-4,6-7,9-10H,5H2,1-2H3,(H,15,17,18). The molecule has 12 heteroatoms. The lowest BCUT2D eigenvalue weighted by Crippen LogP contribution is -2.44. The van der Waals surface area contributed by atoms with Crippen LogP contribution in [0.2, 0.25) is 0 Å². The Morgan fingerprint density at radius 1 is 1.46 bits per heavy atom. The number of hydrogen-bond donors (Lipinski definition) is 1. The first kappa shape index (κ1) is 18.1. The van der Waals surface area contributed by atoms with Gasteiger partial charge in [0.05, 0.1) is 12.7 Å². The SMILES string of the molecule is CC(C)OP1(=O)OCC2OC(n3ccc(=O)[nH]c3=O)C(Cl)(Cl)C2O1. The topological polar surface area (TPSA) is 109 Å². The third-order valence-corrected chi connectivity index (χ3v) is 5.87. The smallest absolute Gasteiger partial charge is 0.346 e. The highest BCUT2D eigenvalue weighted by molar-refractivity contribution is 7.48. The van der Waals surface area contributed by atoms with E-state index in [1.54, 1.807) is 13.8 Å². The molecule has 9 nitrogen and oxygen atoms in total. The Kier molecular flexibility index (Phi) is 4.72. The Morgan fingerprint density at radius 3 is 2.79 bits per heavy atom. The average Bonchev–Trinajstić information content (AvgIpc) is 2.69. The summed E-state index contributed by atoms with van der Waals surface area (Å²) in [5.41, 5.74) is -1.32. The molecular formula is C12H15Cl2N2O7P. The molecule has 3 heterocycles. The van der Waals surface area contributed by atoms with Crippen LogP contribution in [0.3, 0.4) is 0 Å². The number of halogens is 2. The highest BCUT2D eigenvalue weighted by Crippen LogP contribution is 2.61. The van der Waals surface area contributed by atoms with Gasteiger partial charge in [-0.25, -0.2) is 9.36 Å². The molecule has 0 aliphatic carbocycles. The lowest BCUT2D eigenvalue weighted by atomic mass is 10.2. The zero-order valence-corrected chi connectivity index (χ0v) is 15.1. The van der Waals surface area contributed by atoms with E-state index in [1.165, 1.54) is 6.20 Å². The summed E-state index contributed by atoms with van der Waals surface area (Å²) in [6.45, 7) is 3.20. The van der Waals surface area contributed by atoms with Crippen molar-refractivity contribution in [2.24, 2.45) is 0 Å². The van der Waals surface area contributed by atoms with Crippen LogP contribution in [-0.2, 0) is 22.9 Å². The fourth-order valence-electron chi connectivity index (χ4n) is 2.49. The van der Waals surface area contributed by atoms with E-state index < -0.39 is 47.9 Å². The summed E-state index contributed by atoms with van der Waals surface area (Å²) in [5.74, 6) is 0. The van der Waals surface area contributed by atoms with Crippen LogP contribution in [0.15, 0.2) is 21.9 Å². The van der Waals surface area contributed by atoms with Crippen LogP contribution in [0.4, 0.5) is 0 Å². The van der Waals surface area contributed by atoms with Crippen LogP contribution in [0.25, 0.3) is 0 Å². The van der Waals surface area contributed by atoms with Crippen LogP contribution in [0, 0.1) is 0 Å². The van der Waals surface area contributed by atoms with Crippen molar-refractivity contribution in [3.63, 3.8) is 0 Å². The van der Waals surface area contributed by atoms with E-state index in [1.807, 2.05) is 0 Å². The van der Waals surface area contributed by atoms with Gasteiger partial charge in [0.2, 0.25) is 0 Å². The number of phosphoric acid groups is 1. The van der Waals surface area contributed by atoms with Gasteiger partial charge in [-0.2, -0.15) is 0 Å². The van der Waals surface area contributed by atoms with Crippen molar-refractivity contribution in [2.75, 3.05) is 6.61 Å². The molecule has 4 atom stereocenters. The molecule has 0 bridgehead atoms. The third-order valence-electron chi connectivity index (χ3n) is 3.43. The second-order valence-electron chi connectivity index (χ2n) is 5.64. The zero-order chi connectivity index (χ0) is 17.7. The summed E-state index contributed by atoms with van der Waals surface area (Å²) in [5, 5.41) is 0. The number of fused-ring (bicyclic) bond motifs is 1. The van der Waals surface area contributed by atoms with Crippen LogP contribution >= 0.6 is 31.0 Å². The summed E-state index contributed by atoms with van der Waals surface area (Å²) in [6, 6.07) is 1.13. The van der Waals surface area contributed by atoms with E-state index in [4.69, 9.17) is 41.5 Å². The molecule has 3 rings (SSSR count). The fraction of sp³-hybridized carbons (Fsp3) is 0.667. The number of aromatic nitrogens is 2. The van der Waals surface area contributed by atoms with Crippen molar-refractivity contribution in [1.29, 1.82) is 0 Å². The minimum absolute atomic E-state index is 0.134. The van der Waals surface area contributed by atoms with E-state index >= 15 is 0 Å². The van der Waals surface area contributed by atoms with Gasteiger partial charge in [0, 0.05) is 12.3 Å².